The molecule has 1 aromatic rings. The van der Waals surface area contributed by atoms with Crippen LogP contribution in [0.15, 0.2) is 41.4 Å². The molecule has 5 N–H and O–H groups in total. The fourth-order valence-electron chi connectivity index (χ4n) is 1.54. The highest BCUT2D eigenvalue weighted by Crippen LogP contribution is 2.01. The van der Waals surface area contributed by atoms with Crippen molar-refractivity contribution < 1.29 is 30.0 Å². The van der Waals surface area contributed by atoms with Crippen LogP contribution in [0.2, 0.25) is 0 Å². The molecule has 124 valence electrons. The lowest BCUT2D eigenvalue weighted by Crippen LogP contribution is -2.39. The molecule has 1 heterocycles. The number of aliphatic imine (C=N–C) groups is 1. The Labute approximate surface area is 132 Å². The summed E-state index contributed by atoms with van der Waals surface area (Å²) in [4.78, 5) is 23.8. The van der Waals surface area contributed by atoms with Gasteiger partial charge in [0.25, 0.3) is 0 Å². The summed E-state index contributed by atoms with van der Waals surface area (Å²) in [6, 6.07) is 10.2. The molecule has 0 unspecified atom stereocenters. The third kappa shape index (κ3) is 6.72. The van der Waals surface area contributed by atoms with Gasteiger partial charge < -0.3 is 25.7 Å². The Hall–Kier alpha value is -2.71. The zero-order valence-corrected chi connectivity index (χ0v) is 12.2. The first-order valence-electron chi connectivity index (χ1n) is 6.75. The number of amidine groups is 1. The fraction of sp³-hybridized carbons (Fsp3) is 0.267. The number of hydrogen-bond acceptors (Lipinski definition) is 6. The third-order valence-corrected chi connectivity index (χ3v) is 2.74. The summed E-state index contributed by atoms with van der Waals surface area (Å²) in [5, 5.41) is 35.7. The minimum Gasteiger partial charge on any atom is -0.479 e. The summed E-state index contributed by atoms with van der Waals surface area (Å²) >= 11 is 0. The molecule has 8 nitrogen and oxygen atoms in total. The molecule has 2 atom stereocenters. The molecule has 0 spiro atoms. The number of carboxylic acids is 2. The van der Waals surface area contributed by atoms with Crippen molar-refractivity contribution in [3.05, 3.63) is 42.0 Å². The van der Waals surface area contributed by atoms with Crippen LogP contribution >= 0.6 is 0 Å². The molecular formula is C15H18N2O6. The molecule has 0 aliphatic carbocycles. The highest BCUT2D eigenvalue weighted by atomic mass is 16.4. The molecule has 1 aromatic carbocycles. The fourth-order valence-corrected chi connectivity index (χ4v) is 1.54. The monoisotopic (exact) mass is 322 g/mol. The van der Waals surface area contributed by atoms with Gasteiger partial charge in [-0.2, -0.15) is 0 Å². The minimum absolute atomic E-state index is 0.897. The summed E-state index contributed by atoms with van der Waals surface area (Å²) in [5.41, 5.74) is 1.21. The first-order valence-corrected chi connectivity index (χ1v) is 6.75. The Morgan fingerprint density at radius 3 is 2.04 bits per heavy atom. The maximum atomic E-state index is 9.77. The van der Waals surface area contributed by atoms with Crippen LogP contribution in [0.1, 0.15) is 5.56 Å². The molecule has 2 rings (SSSR count). The number of nitrogens with zero attached hydrogens (tertiary/aromatic N) is 1. The van der Waals surface area contributed by atoms with E-state index in [1.165, 1.54) is 5.56 Å². The smallest absolute Gasteiger partial charge is 0.335 e. The molecule has 8 heteroatoms. The average Bonchev–Trinajstić information content (AvgIpc) is 3.06. The van der Waals surface area contributed by atoms with Crippen molar-refractivity contribution in [1.82, 2.24) is 5.32 Å². The van der Waals surface area contributed by atoms with E-state index in [4.69, 9.17) is 20.4 Å². The highest BCUT2D eigenvalue weighted by Gasteiger charge is 2.29. The molecule has 0 saturated carbocycles. The van der Waals surface area contributed by atoms with Gasteiger partial charge in [-0.15, -0.1) is 0 Å². The Morgan fingerprint density at radius 1 is 1.04 bits per heavy atom. The largest absolute Gasteiger partial charge is 0.479 e. The van der Waals surface area contributed by atoms with E-state index >= 15 is 0 Å². The van der Waals surface area contributed by atoms with Crippen LogP contribution < -0.4 is 5.32 Å². The van der Waals surface area contributed by atoms with Crippen LogP contribution in [0.3, 0.4) is 0 Å². The second-order valence-electron chi connectivity index (χ2n) is 4.50. The summed E-state index contributed by atoms with van der Waals surface area (Å²) in [7, 11) is 0. The van der Waals surface area contributed by atoms with E-state index in [-0.39, 0.29) is 0 Å². The summed E-state index contributed by atoms with van der Waals surface area (Å²) in [5.74, 6) is -2.55. The van der Waals surface area contributed by atoms with E-state index in [9.17, 15) is 9.59 Å². The highest BCUT2D eigenvalue weighted by molar-refractivity contribution is 5.97. The number of benzene rings is 1. The zero-order valence-electron chi connectivity index (χ0n) is 12.2. The Balaban J connectivity index is 0.000000241. The molecule has 0 bridgehead atoms. The van der Waals surface area contributed by atoms with Crippen molar-refractivity contribution in [3.8, 4) is 0 Å². The van der Waals surface area contributed by atoms with E-state index < -0.39 is 24.1 Å². The number of hydrogen-bond donors (Lipinski definition) is 5. The second kappa shape index (κ2) is 9.34. The Bertz CT molecular complexity index is 567. The maximum absolute atomic E-state index is 9.77. The van der Waals surface area contributed by atoms with Gasteiger partial charge in [-0.3, -0.25) is 4.99 Å². The quantitative estimate of drug-likeness (QED) is 0.496. The van der Waals surface area contributed by atoms with E-state index in [0.29, 0.717) is 0 Å². The predicted octanol–water partition coefficient (Wildman–Crippen LogP) is -0.421. The van der Waals surface area contributed by atoms with Crippen molar-refractivity contribution in [3.63, 3.8) is 0 Å². The lowest BCUT2D eigenvalue weighted by molar-refractivity contribution is -0.165. The van der Waals surface area contributed by atoms with Gasteiger partial charge in [0, 0.05) is 6.54 Å². The topological polar surface area (TPSA) is 139 Å². The van der Waals surface area contributed by atoms with Gasteiger partial charge >= 0.3 is 11.9 Å². The zero-order chi connectivity index (χ0) is 17.2. The van der Waals surface area contributed by atoms with Crippen molar-refractivity contribution in [2.24, 2.45) is 4.99 Å². The van der Waals surface area contributed by atoms with Crippen LogP contribution in [0, 0.1) is 0 Å². The lowest BCUT2D eigenvalue weighted by Gasteiger charge is -2.07. The van der Waals surface area contributed by atoms with E-state index in [0.717, 1.165) is 18.9 Å². The number of nitrogens with one attached hydrogen (secondary N) is 1. The van der Waals surface area contributed by atoms with E-state index in [2.05, 4.69) is 28.5 Å². The van der Waals surface area contributed by atoms with Crippen LogP contribution in [-0.2, 0) is 9.59 Å². The normalized spacial score (nSPS) is 15.8. The van der Waals surface area contributed by atoms with Crippen molar-refractivity contribution >= 4 is 23.9 Å². The molecule has 0 saturated heterocycles. The molecule has 1 aliphatic rings. The number of aliphatic hydroxyl groups excluding tert-OH is 2. The number of carbonyl (C=O) groups is 2. The van der Waals surface area contributed by atoms with Gasteiger partial charge in [-0.05, 0) is 11.6 Å². The number of aliphatic carboxylic acids is 2. The second-order valence-corrected chi connectivity index (χ2v) is 4.50. The molecule has 23 heavy (non-hydrogen) atoms. The molecular weight excluding hydrogens is 304 g/mol. The van der Waals surface area contributed by atoms with Crippen LogP contribution in [-0.4, -0.2) is 63.5 Å². The van der Waals surface area contributed by atoms with Crippen molar-refractivity contribution in [2.45, 2.75) is 12.2 Å². The summed E-state index contributed by atoms with van der Waals surface area (Å²) < 4.78 is 0. The van der Waals surface area contributed by atoms with Gasteiger partial charge in [0.2, 0.25) is 0 Å². The van der Waals surface area contributed by atoms with Crippen LogP contribution in [0.4, 0.5) is 0 Å². The van der Waals surface area contributed by atoms with E-state index in [1.54, 1.807) is 0 Å². The first kappa shape index (κ1) is 18.3. The van der Waals surface area contributed by atoms with Gasteiger partial charge in [-0.25, -0.2) is 9.59 Å². The van der Waals surface area contributed by atoms with E-state index in [1.807, 2.05) is 24.3 Å². The first-order chi connectivity index (χ1) is 10.9. The molecule has 0 radical (unpaired) electrons. The molecule has 0 aromatic heterocycles. The van der Waals surface area contributed by atoms with Gasteiger partial charge in [0.1, 0.15) is 5.84 Å². The maximum Gasteiger partial charge on any atom is 0.335 e. The Morgan fingerprint density at radius 2 is 1.61 bits per heavy atom. The average molecular weight is 322 g/mol. The standard InChI is InChI=1S/C11H12N2.C4H6O6/c1-2-4-10(5-3-1)6-7-11-12-8-9-13-11;5-1(3(7)8)2(6)4(9)10/h1-7H,8-9H2,(H,12,13);1-2,5-6H,(H,7,8)(H,9,10)/b7-6+;/t;1-,2-/m.1/s1. The van der Waals surface area contributed by atoms with Gasteiger partial charge in [-0.1, -0.05) is 36.4 Å². The van der Waals surface area contributed by atoms with Crippen LogP contribution in [0.25, 0.3) is 6.08 Å². The third-order valence-electron chi connectivity index (χ3n) is 2.74. The van der Waals surface area contributed by atoms with Gasteiger partial charge in [0.15, 0.2) is 12.2 Å². The predicted molar refractivity (Wildman–Crippen MR) is 83.1 cm³/mol. The van der Waals surface area contributed by atoms with Crippen molar-refractivity contribution in [2.75, 3.05) is 13.1 Å². The summed E-state index contributed by atoms with van der Waals surface area (Å²) in [6.45, 7) is 1.86. The van der Waals surface area contributed by atoms with Gasteiger partial charge in [0.05, 0.1) is 6.54 Å². The minimum atomic E-state index is -2.27. The number of aliphatic hydroxyl groups is 2. The van der Waals surface area contributed by atoms with Crippen LogP contribution in [0.5, 0.6) is 0 Å². The molecule has 1 aliphatic heterocycles. The summed E-state index contributed by atoms with van der Waals surface area (Å²) in [6.07, 6.45) is -0.450. The number of rotatable bonds is 5. The Kier molecular flexibility index (Phi) is 7.44. The molecule has 0 amide bonds. The molecule has 0 fully saturated rings. The SMILES string of the molecule is C(=C\c1ccccc1)/C1=NCCN1.O=C(O)[C@H](O)[C@@H](O)C(=O)O. The lowest BCUT2D eigenvalue weighted by atomic mass is 10.2. The number of carboxylic acid groups (broad SMARTS) is 2. The van der Waals surface area contributed by atoms with Crippen molar-refractivity contribution in [1.29, 1.82) is 0 Å².